The number of carbonyl (C=O) groups excluding carboxylic acids is 5. The number of amides is 5. The second kappa shape index (κ2) is 16.2. The highest BCUT2D eigenvalue weighted by Crippen LogP contribution is 2.65. The van der Waals surface area contributed by atoms with Gasteiger partial charge in [-0.1, -0.05) is 78.2 Å². The minimum atomic E-state index is -3.83. The Hall–Kier alpha value is -3.00. The fraction of sp³-hybridized carbons (Fsp3) is 0.825. The lowest BCUT2D eigenvalue weighted by atomic mass is 9.70. The molecule has 14 heteroatoms. The number of ketones is 1. The number of hydrogen-bond acceptors (Lipinski definition) is 8. The van der Waals surface area contributed by atoms with E-state index in [9.17, 15) is 37.5 Å². The van der Waals surface area contributed by atoms with Crippen LogP contribution in [-0.2, 0) is 29.0 Å². The third-order valence-electron chi connectivity index (χ3n) is 13.7. The Kier molecular flexibility index (Phi) is 12.7. The van der Waals surface area contributed by atoms with Crippen LogP contribution < -0.4 is 21.3 Å². The average molecular weight is 776 g/mol. The second-order valence-electron chi connectivity index (χ2n) is 18.6. The zero-order valence-electron chi connectivity index (χ0n) is 33.1. The largest absolute Gasteiger partial charge is 0.395 e. The van der Waals surface area contributed by atoms with Gasteiger partial charge in [-0.25, -0.2) is 13.2 Å². The first-order valence-electron chi connectivity index (χ1n) is 20.3. The third kappa shape index (κ3) is 9.00. The first kappa shape index (κ1) is 42.1. The van der Waals surface area contributed by atoms with Gasteiger partial charge in [-0.3, -0.25) is 19.2 Å². The Bertz CT molecular complexity index is 1560. The Morgan fingerprint density at radius 2 is 1.56 bits per heavy atom. The summed E-state index contributed by atoms with van der Waals surface area (Å²) in [7, 11) is -3.83. The van der Waals surface area contributed by atoms with E-state index in [1.165, 1.54) is 19.9 Å². The van der Waals surface area contributed by atoms with Crippen LogP contribution in [0.15, 0.2) is 12.7 Å². The number of Topliss-reactive ketones (excluding diaryl/α,β-unsaturated/α-hetero) is 1. The molecule has 1 heterocycles. The smallest absolute Gasteiger partial charge is 0.315 e. The van der Waals surface area contributed by atoms with E-state index < -0.39 is 73.9 Å². The number of sulfone groups is 1. The van der Waals surface area contributed by atoms with Gasteiger partial charge in [-0.2, -0.15) is 0 Å². The molecule has 304 valence electrons. The van der Waals surface area contributed by atoms with Crippen LogP contribution in [0.2, 0.25) is 0 Å². The van der Waals surface area contributed by atoms with E-state index in [1.54, 1.807) is 4.90 Å². The van der Waals surface area contributed by atoms with Crippen molar-refractivity contribution in [3.63, 3.8) is 0 Å². The predicted octanol–water partition coefficient (Wildman–Crippen LogP) is 3.54. The van der Waals surface area contributed by atoms with E-state index in [1.807, 2.05) is 6.92 Å². The molecule has 0 aromatic rings. The molecule has 13 nitrogen and oxygen atoms in total. The van der Waals surface area contributed by atoms with E-state index in [4.69, 9.17) is 0 Å². The zero-order valence-corrected chi connectivity index (χ0v) is 34.0. The lowest BCUT2D eigenvalue weighted by Crippen LogP contribution is -2.65. The lowest BCUT2D eigenvalue weighted by molar-refractivity contribution is -0.146. The normalized spacial score (nSPS) is 26.7. The highest BCUT2D eigenvalue weighted by molar-refractivity contribution is 7.92. The van der Waals surface area contributed by atoms with Crippen LogP contribution in [0.4, 0.5) is 4.79 Å². The first-order valence-corrected chi connectivity index (χ1v) is 21.9. The molecule has 5 rings (SSSR count). The number of piperidine rings is 1. The summed E-state index contributed by atoms with van der Waals surface area (Å²) in [6.07, 6.45) is 12.0. The molecule has 0 bridgehead atoms. The Morgan fingerprint density at radius 1 is 0.944 bits per heavy atom. The minimum absolute atomic E-state index is 0.0490. The van der Waals surface area contributed by atoms with Crippen molar-refractivity contribution < 1.29 is 37.5 Å². The summed E-state index contributed by atoms with van der Waals surface area (Å²) >= 11 is 0. The summed E-state index contributed by atoms with van der Waals surface area (Å²) in [5.74, 6) is -2.31. The zero-order chi connectivity index (χ0) is 39.7. The summed E-state index contributed by atoms with van der Waals surface area (Å²) in [6, 6.07) is -3.53. The SMILES string of the molecule is C=CCNC(=O)C(=O)[C@H](CCC1CC1)NC(=O)[C@@H]1[C@@H]2[C@H](CN1C(=O)[C@@H](NC(=O)NC1(CS(=O)(=O)C(C)(C)CO)CCCCC1)C1(C)CCCCC1)C2(C)C. The van der Waals surface area contributed by atoms with Gasteiger partial charge >= 0.3 is 6.03 Å². The van der Waals surface area contributed by atoms with Crippen molar-refractivity contribution in [2.45, 2.75) is 153 Å². The minimum Gasteiger partial charge on any atom is -0.395 e. The molecule has 5 aliphatic rings. The number of aliphatic hydroxyl groups is 1. The molecule has 0 unspecified atom stereocenters. The molecule has 4 saturated carbocycles. The third-order valence-corrected chi connectivity index (χ3v) is 16.4. The summed E-state index contributed by atoms with van der Waals surface area (Å²) in [4.78, 5) is 71.1. The van der Waals surface area contributed by atoms with Crippen molar-refractivity contribution in [2.75, 3.05) is 25.4 Å². The van der Waals surface area contributed by atoms with Crippen molar-refractivity contribution in [1.29, 1.82) is 0 Å². The molecule has 5 atom stereocenters. The molecule has 1 aliphatic heterocycles. The highest BCUT2D eigenvalue weighted by Gasteiger charge is 2.70. The van der Waals surface area contributed by atoms with Gasteiger partial charge in [0.1, 0.15) is 12.1 Å². The monoisotopic (exact) mass is 775 g/mol. The maximum atomic E-state index is 15.0. The van der Waals surface area contributed by atoms with Gasteiger partial charge in [0.25, 0.3) is 5.91 Å². The molecule has 0 spiro atoms. The molecule has 54 heavy (non-hydrogen) atoms. The standard InChI is InChI=1S/C40H65N5O8S/c1-7-22-41-34(49)31(47)28(17-16-26-14-15-26)42-33(48)30-29-27(38(29,4)5)23-45(30)35(50)32(39(6)18-10-8-11-19-39)43-36(51)44-40(20-12-9-13-21-40)25-54(52,53)37(2,3)24-46/h7,26-30,32,46H,1,8-25H2,2-6H3,(H,41,49)(H,42,48)(H2,43,44,51)/t27-,28-,29-,30-,32+/m0/s1. The fourth-order valence-electron chi connectivity index (χ4n) is 9.51. The molecule has 0 aromatic heterocycles. The number of likely N-dealkylation sites (tertiary alicyclic amines) is 1. The molecule has 5 fully saturated rings. The first-order chi connectivity index (χ1) is 25.3. The summed E-state index contributed by atoms with van der Waals surface area (Å²) in [5.41, 5.74) is -1.90. The molecule has 0 aromatic carbocycles. The summed E-state index contributed by atoms with van der Waals surface area (Å²) in [5, 5.41) is 21.4. The van der Waals surface area contributed by atoms with E-state index in [0.717, 1.165) is 51.4 Å². The number of nitrogens with zero attached hydrogens (tertiary/aromatic N) is 1. The molecule has 1 saturated heterocycles. The topological polar surface area (TPSA) is 191 Å². The number of nitrogens with one attached hydrogen (secondary N) is 4. The van der Waals surface area contributed by atoms with Crippen LogP contribution in [-0.4, -0.2) is 102 Å². The van der Waals surface area contributed by atoms with Crippen molar-refractivity contribution in [2.24, 2.45) is 28.6 Å². The van der Waals surface area contributed by atoms with Gasteiger partial charge in [-0.15, -0.1) is 6.58 Å². The van der Waals surface area contributed by atoms with Crippen LogP contribution in [0.1, 0.15) is 125 Å². The van der Waals surface area contributed by atoms with E-state index in [2.05, 4.69) is 41.7 Å². The number of aliphatic hydroxyl groups excluding tert-OH is 1. The van der Waals surface area contributed by atoms with E-state index in [0.29, 0.717) is 51.0 Å². The molecular formula is C40H65N5O8S. The van der Waals surface area contributed by atoms with E-state index in [-0.39, 0.29) is 35.5 Å². The average Bonchev–Trinajstić information content (AvgIpc) is 3.99. The Morgan fingerprint density at radius 3 is 2.13 bits per heavy atom. The molecule has 5 N–H and O–H groups in total. The van der Waals surface area contributed by atoms with Gasteiger partial charge in [0.05, 0.1) is 28.7 Å². The number of fused-ring (bicyclic) bond motifs is 1. The van der Waals surface area contributed by atoms with Gasteiger partial charge in [0, 0.05) is 13.1 Å². The van der Waals surface area contributed by atoms with Crippen molar-refractivity contribution >= 4 is 39.4 Å². The molecular weight excluding hydrogens is 711 g/mol. The van der Waals surface area contributed by atoms with Crippen LogP contribution >= 0.6 is 0 Å². The quantitative estimate of drug-likeness (QED) is 0.110. The molecule has 5 amide bonds. The van der Waals surface area contributed by atoms with Crippen LogP contribution in [0.5, 0.6) is 0 Å². The van der Waals surface area contributed by atoms with Gasteiger partial charge < -0.3 is 31.3 Å². The van der Waals surface area contributed by atoms with Crippen LogP contribution in [0, 0.1) is 28.6 Å². The van der Waals surface area contributed by atoms with Crippen LogP contribution in [0.3, 0.4) is 0 Å². The maximum Gasteiger partial charge on any atom is 0.315 e. The number of carbonyl (C=O) groups is 5. The Balaban J connectivity index is 1.40. The van der Waals surface area contributed by atoms with Crippen molar-refractivity contribution in [3.8, 4) is 0 Å². The molecule has 0 radical (unpaired) electrons. The van der Waals surface area contributed by atoms with Crippen LogP contribution in [0.25, 0.3) is 0 Å². The molecule has 4 aliphatic carbocycles. The van der Waals surface area contributed by atoms with Crippen molar-refractivity contribution in [1.82, 2.24) is 26.2 Å². The number of urea groups is 1. The lowest BCUT2D eigenvalue weighted by Gasteiger charge is -2.44. The fourth-order valence-corrected chi connectivity index (χ4v) is 11.2. The summed E-state index contributed by atoms with van der Waals surface area (Å²) in [6.45, 7) is 12.6. The van der Waals surface area contributed by atoms with E-state index >= 15 is 0 Å². The highest BCUT2D eigenvalue weighted by atomic mass is 32.2. The van der Waals surface area contributed by atoms with Gasteiger partial charge in [0.2, 0.25) is 17.6 Å². The van der Waals surface area contributed by atoms with Crippen molar-refractivity contribution in [3.05, 3.63) is 12.7 Å². The predicted molar refractivity (Wildman–Crippen MR) is 206 cm³/mol. The second-order valence-corrected chi connectivity index (χ2v) is 21.2. The maximum absolute atomic E-state index is 15.0. The number of hydrogen-bond donors (Lipinski definition) is 5. The van der Waals surface area contributed by atoms with Gasteiger partial charge in [-0.05, 0) is 81.0 Å². The van der Waals surface area contributed by atoms with Gasteiger partial charge in [0.15, 0.2) is 9.84 Å². The summed E-state index contributed by atoms with van der Waals surface area (Å²) < 4.78 is 25.7. The number of rotatable bonds is 17. The Labute approximate surface area is 321 Å².